The van der Waals surface area contributed by atoms with Crippen molar-refractivity contribution in [2.45, 2.75) is 42.9 Å². The maximum Gasteiger partial charge on any atom is 0.226 e. The summed E-state index contributed by atoms with van der Waals surface area (Å²) in [5.41, 5.74) is 5.71. The molecule has 4 nitrogen and oxygen atoms in total. The predicted molar refractivity (Wildman–Crippen MR) is 81.9 cm³/mol. The summed E-state index contributed by atoms with van der Waals surface area (Å²) in [6.45, 7) is 3.97. The van der Waals surface area contributed by atoms with Gasteiger partial charge in [-0.3, -0.25) is 0 Å². The van der Waals surface area contributed by atoms with Gasteiger partial charge in [-0.1, -0.05) is 28.9 Å². The van der Waals surface area contributed by atoms with Gasteiger partial charge in [-0.2, -0.15) is 4.98 Å². The lowest BCUT2D eigenvalue weighted by Crippen LogP contribution is -2.32. The highest BCUT2D eigenvalue weighted by molar-refractivity contribution is 7.98. The van der Waals surface area contributed by atoms with E-state index in [1.807, 2.05) is 38.1 Å². The van der Waals surface area contributed by atoms with Crippen LogP contribution < -0.4 is 5.73 Å². The third-order valence-electron chi connectivity index (χ3n) is 2.69. The number of benzene rings is 1. The lowest BCUT2D eigenvalue weighted by molar-refractivity contribution is 0.355. The van der Waals surface area contributed by atoms with Gasteiger partial charge in [-0.15, -0.1) is 11.8 Å². The van der Waals surface area contributed by atoms with Crippen molar-refractivity contribution >= 4 is 23.4 Å². The van der Waals surface area contributed by atoms with Crippen LogP contribution in [0, 0.1) is 0 Å². The van der Waals surface area contributed by atoms with Gasteiger partial charge in [0.1, 0.15) is 0 Å². The van der Waals surface area contributed by atoms with Gasteiger partial charge in [0.2, 0.25) is 5.89 Å². The molecule has 0 spiro atoms. The molecule has 0 bridgehead atoms. The molecule has 2 N–H and O–H groups in total. The number of nitrogens with zero attached hydrogens (tertiary/aromatic N) is 2. The van der Waals surface area contributed by atoms with Crippen molar-refractivity contribution in [3.05, 3.63) is 41.0 Å². The fourth-order valence-electron chi connectivity index (χ4n) is 1.58. The van der Waals surface area contributed by atoms with E-state index >= 15 is 0 Å². The molecule has 1 aromatic carbocycles. The molecule has 0 saturated heterocycles. The van der Waals surface area contributed by atoms with Crippen molar-refractivity contribution in [2.24, 2.45) is 5.73 Å². The Hall–Kier alpha value is -1.04. The van der Waals surface area contributed by atoms with Crippen molar-refractivity contribution in [1.82, 2.24) is 10.1 Å². The normalized spacial score (nSPS) is 11.8. The summed E-state index contributed by atoms with van der Waals surface area (Å²) < 4.78 is 5.22. The summed E-state index contributed by atoms with van der Waals surface area (Å²) in [6.07, 6.45) is 1.51. The number of rotatable bonds is 6. The molecule has 1 heterocycles. The van der Waals surface area contributed by atoms with Crippen LogP contribution in [0.2, 0.25) is 5.02 Å². The average molecular weight is 312 g/mol. The van der Waals surface area contributed by atoms with Gasteiger partial charge in [0.05, 0.1) is 10.8 Å². The molecular formula is C14H18ClN3OS. The Bertz CT molecular complexity index is 566. The molecule has 0 fully saturated rings. The SMILES string of the molecule is CC(C)(N)CCc1nc(CSc2ccccc2Cl)no1. The third kappa shape index (κ3) is 4.81. The Kier molecular flexibility index (Phi) is 5.07. The zero-order valence-corrected chi connectivity index (χ0v) is 13.2. The van der Waals surface area contributed by atoms with Crippen molar-refractivity contribution in [3.8, 4) is 0 Å². The van der Waals surface area contributed by atoms with Gasteiger partial charge in [0.15, 0.2) is 5.82 Å². The largest absolute Gasteiger partial charge is 0.339 e. The van der Waals surface area contributed by atoms with Gasteiger partial charge in [0, 0.05) is 16.9 Å². The highest BCUT2D eigenvalue weighted by Crippen LogP contribution is 2.28. The summed E-state index contributed by atoms with van der Waals surface area (Å²) in [6, 6.07) is 7.71. The maximum absolute atomic E-state index is 6.10. The van der Waals surface area contributed by atoms with E-state index < -0.39 is 0 Å². The van der Waals surface area contributed by atoms with Crippen LogP contribution in [0.4, 0.5) is 0 Å². The van der Waals surface area contributed by atoms with Crippen LogP contribution in [-0.4, -0.2) is 15.7 Å². The van der Waals surface area contributed by atoms with Crippen molar-refractivity contribution in [3.63, 3.8) is 0 Å². The average Bonchev–Trinajstić information content (AvgIpc) is 2.83. The first-order chi connectivity index (χ1) is 9.44. The van der Waals surface area contributed by atoms with E-state index in [4.69, 9.17) is 21.9 Å². The molecule has 0 aliphatic rings. The minimum Gasteiger partial charge on any atom is -0.339 e. The van der Waals surface area contributed by atoms with Gasteiger partial charge < -0.3 is 10.3 Å². The zero-order chi connectivity index (χ0) is 14.6. The van der Waals surface area contributed by atoms with Gasteiger partial charge >= 0.3 is 0 Å². The molecule has 0 saturated carbocycles. The topological polar surface area (TPSA) is 64.9 Å². The summed E-state index contributed by atoms with van der Waals surface area (Å²) in [5, 5.41) is 4.71. The van der Waals surface area contributed by atoms with Crippen LogP contribution >= 0.6 is 23.4 Å². The maximum atomic E-state index is 6.10. The lowest BCUT2D eigenvalue weighted by atomic mass is 10.0. The minimum absolute atomic E-state index is 0.221. The first-order valence-corrected chi connectivity index (χ1v) is 7.78. The summed E-state index contributed by atoms with van der Waals surface area (Å²) in [5.74, 6) is 1.96. The molecule has 0 aliphatic heterocycles. The molecule has 6 heteroatoms. The van der Waals surface area contributed by atoms with Crippen molar-refractivity contribution in [1.29, 1.82) is 0 Å². The molecule has 0 amide bonds. The molecule has 108 valence electrons. The number of thioether (sulfide) groups is 1. The third-order valence-corrected chi connectivity index (χ3v) is 4.20. The Morgan fingerprint density at radius 1 is 1.35 bits per heavy atom. The van der Waals surface area contributed by atoms with Crippen LogP contribution in [0.25, 0.3) is 0 Å². The van der Waals surface area contributed by atoms with Crippen molar-refractivity contribution < 1.29 is 4.52 Å². The van der Waals surface area contributed by atoms with E-state index in [0.29, 0.717) is 23.9 Å². The first-order valence-electron chi connectivity index (χ1n) is 6.42. The summed E-state index contributed by atoms with van der Waals surface area (Å²) in [7, 11) is 0. The Morgan fingerprint density at radius 3 is 2.80 bits per heavy atom. The predicted octanol–water partition coefficient (Wildman–Crippen LogP) is 3.69. The van der Waals surface area contributed by atoms with Crippen LogP contribution in [0.3, 0.4) is 0 Å². The fraction of sp³-hybridized carbons (Fsp3) is 0.429. The number of hydrogen-bond acceptors (Lipinski definition) is 5. The highest BCUT2D eigenvalue weighted by Gasteiger charge is 2.14. The molecule has 2 aromatic rings. The highest BCUT2D eigenvalue weighted by atomic mass is 35.5. The number of nitrogens with two attached hydrogens (primary N) is 1. The quantitative estimate of drug-likeness (QED) is 0.824. The van der Waals surface area contributed by atoms with Crippen molar-refractivity contribution in [2.75, 3.05) is 0 Å². The first kappa shape index (κ1) is 15.4. The molecular weight excluding hydrogens is 294 g/mol. The number of hydrogen-bond donors (Lipinski definition) is 1. The number of aromatic nitrogens is 2. The fourth-order valence-corrected chi connectivity index (χ4v) is 2.67. The van der Waals surface area contributed by atoms with E-state index in [1.165, 1.54) is 0 Å². The van der Waals surface area contributed by atoms with Crippen LogP contribution in [-0.2, 0) is 12.2 Å². The Morgan fingerprint density at radius 2 is 2.10 bits per heavy atom. The number of halogens is 1. The molecule has 0 unspecified atom stereocenters. The summed E-state index contributed by atoms with van der Waals surface area (Å²) >= 11 is 7.69. The second kappa shape index (κ2) is 6.61. The Labute approximate surface area is 128 Å². The Balaban J connectivity index is 1.89. The van der Waals surface area contributed by atoms with Gasteiger partial charge in [-0.05, 0) is 32.4 Å². The monoisotopic (exact) mass is 311 g/mol. The molecule has 2 rings (SSSR count). The van der Waals surface area contributed by atoms with E-state index in [2.05, 4.69) is 10.1 Å². The van der Waals surface area contributed by atoms with Crippen LogP contribution in [0.15, 0.2) is 33.7 Å². The number of aryl methyl sites for hydroxylation is 1. The second-order valence-corrected chi connectivity index (χ2v) is 6.74. The van der Waals surface area contributed by atoms with E-state index in [9.17, 15) is 0 Å². The van der Waals surface area contributed by atoms with E-state index in [-0.39, 0.29) is 5.54 Å². The molecule has 0 atom stereocenters. The second-order valence-electron chi connectivity index (χ2n) is 5.31. The van der Waals surface area contributed by atoms with Gasteiger partial charge in [-0.25, -0.2) is 0 Å². The van der Waals surface area contributed by atoms with E-state index in [1.54, 1.807) is 11.8 Å². The van der Waals surface area contributed by atoms with Gasteiger partial charge in [0.25, 0.3) is 0 Å². The van der Waals surface area contributed by atoms with E-state index in [0.717, 1.165) is 16.3 Å². The smallest absolute Gasteiger partial charge is 0.226 e. The lowest BCUT2D eigenvalue weighted by Gasteiger charge is -2.16. The standard InChI is InChI=1S/C14H18ClN3OS/c1-14(2,16)8-7-13-17-12(18-19-13)9-20-11-6-4-3-5-10(11)15/h3-6H,7-9,16H2,1-2H3. The van der Waals surface area contributed by atoms with Crippen LogP contribution in [0.1, 0.15) is 32.0 Å². The summed E-state index contributed by atoms with van der Waals surface area (Å²) in [4.78, 5) is 5.38. The minimum atomic E-state index is -0.221. The molecule has 0 radical (unpaired) electrons. The molecule has 20 heavy (non-hydrogen) atoms. The zero-order valence-electron chi connectivity index (χ0n) is 11.6. The van der Waals surface area contributed by atoms with Crippen LogP contribution in [0.5, 0.6) is 0 Å². The molecule has 0 aliphatic carbocycles. The molecule has 1 aromatic heterocycles.